The van der Waals surface area contributed by atoms with Crippen LogP contribution >= 0.6 is 11.3 Å². The van der Waals surface area contributed by atoms with E-state index in [-0.39, 0.29) is 18.0 Å². The molecule has 21 heavy (non-hydrogen) atoms. The van der Waals surface area contributed by atoms with Crippen LogP contribution in [-0.4, -0.2) is 23.4 Å². The maximum absolute atomic E-state index is 12.4. The molecular formula is C17H22N2OS. The first kappa shape index (κ1) is 14.5. The summed E-state index contributed by atoms with van der Waals surface area (Å²) in [7, 11) is 0. The Morgan fingerprint density at radius 3 is 2.90 bits per heavy atom. The third-order valence-electron chi connectivity index (χ3n) is 4.14. The van der Waals surface area contributed by atoms with Crippen LogP contribution in [0.5, 0.6) is 0 Å². The molecule has 0 radical (unpaired) electrons. The summed E-state index contributed by atoms with van der Waals surface area (Å²) < 4.78 is 1.27. The molecule has 2 aromatic rings. The average Bonchev–Trinajstić information content (AvgIpc) is 2.87. The van der Waals surface area contributed by atoms with Gasteiger partial charge in [-0.2, -0.15) is 0 Å². The van der Waals surface area contributed by atoms with E-state index in [1.165, 1.54) is 15.6 Å². The van der Waals surface area contributed by atoms with Crippen LogP contribution in [0, 0.1) is 5.92 Å². The lowest BCUT2D eigenvalue weighted by molar-refractivity contribution is -0.138. The second-order valence-electron chi connectivity index (χ2n) is 6.27. The minimum atomic E-state index is 0.0183. The minimum Gasteiger partial charge on any atom is -0.334 e. The summed E-state index contributed by atoms with van der Waals surface area (Å²) in [6.45, 7) is 5.08. The van der Waals surface area contributed by atoms with E-state index in [1.807, 2.05) is 4.90 Å². The number of nitrogens with zero attached hydrogens (tertiary/aromatic N) is 1. The first-order chi connectivity index (χ1) is 10.1. The number of nitrogens with two attached hydrogens (primary N) is 1. The third kappa shape index (κ3) is 2.70. The number of carbonyl (C=O) groups excluding carboxylic acids is 1. The van der Waals surface area contributed by atoms with Crippen molar-refractivity contribution in [3.8, 4) is 0 Å². The van der Waals surface area contributed by atoms with Crippen molar-refractivity contribution in [2.75, 3.05) is 6.54 Å². The van der Waals surface area contributed by atoms with E-state index in [4.69, 9.17) is 5.73 Å². The molecule has 4 heteroatoms. The van der Waals surface area contributed by atoms with Crippen molar-refractivity contribution in [2.24, 2.45) is 11.7 Å². The summed E-state index contributed by atoms with van der Waals surface area (Å²) in [5, 5.41) is 3.42. The lowest BCUT2D eigenvalue weighted by Crippen LogP contribution is -2.49. The summed E-state index contributed by atoms with van der Waals surface area (Å²) >= 11 is 1.74. The molecule has 1 aromatic carbocycles. The highest BCUT2D eigenvalue weighted by molar-refractivity contribution is 7.17. The SMILES string of the molecule is CC(C)CN1C(=O)CCC(N)C1c1csc2ccccc12. The van der Waals surface area contributed by atoms with Gasteiger partial charge in [0.25, 0.3) is 0 Å². The van der Waals surface area contributed by atoms with Gasteiger partial charge >= 0.3 is 0 Å². The summed E-state index contributed by atoms with van der Waals surface area (Å²) in [5.74, 6) is 0.692. The molecular weight excluding hydrogens is 280 g/mol. The fraction of sp³-hybridized carbons (Fsp3) is 0.471. The van der Waals surface area contributed by atoms with Crippen molar-refractivity contribution in [3.63, 3.8) is 0 Å². The Morgan fingerprint density at radius 2 is 2.14 bits per heavy atom. The van der Waals surface area contributed by atoms with Gasteiger partial charge in [0.05, 0.1) is 6.04 Å². The predicted molar refractivity (Wildman–Crippen MR) is 88.3 cm³/mol. The van der Waals surface area contributed by atoms with Crippen molar-refractivity contribution < 1.29 is 4.79 Å². The fourth-order valence-corrected chi connectivity index (χ4v) is 4.20. The zero-order valence-corrected chi connectivity index (χ0v) is 13.4. The van der Waals surface area contributed by atoms with E-state index in [0.29, 0.717) is 12.3 Å². The summed E-state index contributed by atoms with van der Waals surface area (Å²) in [4.78, 5) is 14.4. The van der Waals surface area contributed by atoms with Gasteiger partial charge in [0, 0.05) is 23.7 Å². The molecule has 1 fully saturated rings. The highest BCUT2D eigenvalue weighted by Crippen LogP contribution is 2.38. The van der Waals surface area contributed by atoms with Gasteiger partial charge in [0.1, 0.15) is 0 Å². The molecule has 0 aliphatic carbocycles. The minimum absolute atomic E-state index is 0.0183. The van der Waals surface area contributed by atoms with Crippen molar-refractivity contribution in [3.05, 3.63) is 35.2 Å². The predicted octanol–water partition coefficient (Wildman–Crippen LogP) is 3.55. The number of carbonyl (C=O) groups is 1. The van der Waals surface area contributed by atoms with Crippen LogP contribution in [0.1, 0.15) is 38.3 Å². The highest BCUT2D eigenvalue weighted by Gasteiger charge is 2.36. The Bertz CT molecular complexity index is 649. The van der Waals surface area contributed by atoms with Crippen molar-refractivity contribution >= 4 is 27.3 Å². The standard InChI is InChI=1S/C17H22N2OS/c1-11(2)9-19-16(20)8-7-14(18)17(19)13-10-21-15-6-4-3-5-12(13)15/h3-6,10-11,14,17H,7-9,18H2,1-2H3. The highest BCUT2D eigenvalue weighted by atomic mass is 32.1. The van der Waals surface area contributed by atoms with Gasteiger partial charge in [-0.1, -0.05) is 32.0 Å². The smallest absolute Gasteiger partial charge is 0.223 e. The van der Waals surface area contributed by atoms with E-state index < -0.39 is 0 Å². The lowest BCUT2D eigenvalue weighted by atomic mass is 9.89. The number of hydrogen-bond acceptors (Lipinski definition) is 3. The average molecular weight is 302 g/mol. The van der Waals surface area contributed by atoms with Crippen LogP contribution in [0.4, 0.5) is 0 Å². The largest absolute Gasteiger partial charge is 0.334 e. The van der Waals surface area contributed by atoms with E-state index in [9.17, 15) is 4.79 Å². The fourth-order valence-electron chi connectivity index (χ4n) is 3.21. The molecule has 112 valence electrons. The molecule has 0 spiro atoms. The van der Waals surface area contributed by atoms with Crippen LogP contribution in [0.25, 0.3) is 10.1 Å². The Balaban J connectivity index is 2.04. The summed E-state index contributed by atoms with van der Waals surface area (Å²) in [6.07, 6.45) is 1.36. The number of benzene rings is 1. The van der Waals surface area contributed by atoms with Gasteiger partial charge in [0.2, 0.25) is 5.91 Å². The lowest BCUT2D eigenvalue weighted by Gasteiger charge is -2.40. The molecule has 0 saturated carbocycles. The molecule has 1 amide bonds. The molecule has 2 atom stereocenters. The van der Waals surface area contributed by atoms with E-state index in [0.717, 1.165) is 13.0 Å². The molecule has 2 N–H and O–H groups in total. The second-order valence-corrected chi connectivity index (χ2v) is 7.19. The van der Waals surface area contributed by atoms with E-state index in [2.05, 4.69) is 43.5 Å². The maximum atomic E-state index is 12.4. The van der Waals surface area contributed by atoms with E-state index >= 15 is 0 Å². The van der Waals surface area contributed by atoms with Crippen LogP contribution < -0.4 is 5.73 Å². The Hall–Kier alpha value is -1.39. The van der Waals surface area contributed by atoms with Gasteiger partial charge in [-0.3, -0.25) is 4.79 Å². The number of amides is 1. The molecule has 3 nitrogen and oxygen atoms in total. The molecule has 0 bridgehead atoms. The quantitative estimate of drug-likeness (QED) is 0.942. The first-order valence-electron chi connectivity index (χ1n) is 7.59. The van der Waals surface area contributed by atoms with Crippen LogP contribution in [0.3, 0.4) is 0 Å². The third-order valence-corrected chi connectivity index (χ3v) is 5.13. The Kier molecular flexibility index (Phi) is 4.00. The van der Waals surface area contributed by atoms with Gasteiger partial charge in [-0.05, 0) is 34.7 Å². The summed E-state index contributed by atoms with van der Waals surface area (Å²) in [6, 6.07) is 8.43. The molecule has 2 heterocycles. The number of rotatable bonds is 3. The molecule has 1 aliphatic rings. The first-order valence-corrected chi connectivity index (χ1v) is 8.47. The number of piperidine rings is 1. The Morgan fingerprint density at radius 1 is 1.38 bits per heavy atom. The zero-order valence-electron chi connectivity index (χ0n) is 12.6. The molecule has 1 saturated heterocycles. The number of fused-ring (bicyclic) bond motifs is 1. The van der Waals surface area contributed by atoms with Gasteiger partial charge in [-0.15, -0.1) is 11.3 Å². The van der Waals surface area contributed by atoms with E-state index in [1.54, 1.807) is 11.3 Å². The second kappa shape index (κ2) is 5.78. The molecule has 3 rings (SSSR count). The molecule has 1 aromatic heterocycles. The van der Waals surface area contributed by atoms with Gasteiger partial charge < -0.3 is 10.6 Å². The van der Waals surface area contributed by atoms with Crippen molar-refractivity contribution in [1.82, 2.24) is 4.90 Å². The normalized spacial score (nSPS) is 23.2. The monoisotopic (exact) mass is 302 g/mol. The van der Waals surface area contributed by atoms with Crippen LogP contribution in [0.2, 0.25) is 0 Å². The summed E-state index contributed by atoms with van der Waals surface area (Å²) in [5.41, 5.74) is 7.62. The van der Waals surface area contributed by atoms with Crippen LogP contribution in [0.15, 0.2) is 29.6 Å². The number of likely N-dealkylation sites (tertiary alicyclic amines) is 1. The maximum Gasteiger partial charge on any atom is 0.223 e. The Labute approximate surface area is 129 Å². The number of hydrogen-bond donors (Lipinski definition) is 1. The topological polar surface area (TPSA) is 46.3 Å². The number of thiophene rings is 1. The van der Waals surface area contributed by atoms with Crippen molar-refractivity contribution in [2.45, 2.75) is 38.8 Å². The molecule has 2 unspecified atom stereocenters. The zero-order chi connectivity index (χ0) is 15.0. The van der Waals surface area contributed by atoms with Crippen molar-refractivity contribution in [1.29, 1.82) is 0 Å². The van der Waals surface area contributed by atoms with Gasteiger partial charge in [0.15, 0.2) is 0 Å². The molecule has 1 aliphatic heterocycles. The van der Waals surface area contributed by atoms with Crippen LogP contribution in [-0.2, 0) is 4.79 Å². The van der Waals surface area contributed by atoms with Gasteiger partial charge in [-0.25, -0.2) is 0 Å².